The zero-order valence-electron chi connectivity index (χ0n) is 11.6. The Morgan fingerprint density at radius 3 is 2.47 bits per heavy atom. The molecule has 2 heterocycles. The van der Waals surface area contributed by atoms with Gasteiger partial charge >= 0.3 is 0 Å². The lowest BCUT2D eigenvalue weighted by Crippen LogP contribution is -2.46. The second-order valence-corrected chi connectivity index (χ2v) is 6.71. The lowest BCUT2D eigenvalue weighted by Gasteiger charge is -2.31. The maximum atomic E-state index is 12.1. The number of amides is 1. The zero-order chi connectivity index (χ0) is 13.2. The first-order chi connectivity index (χ1) is 9.20. The molecule has 4 unspecified atom stereocenters. The molecule has 108 valence electrons. The molecule has 0 aromatic heterocycles. The standard InChI is InChI=1S/C15H26N2O2/c18-14-4-2-1-3-13(14)17-15(19)9-10-7-11-5-6-12(8-10)16-11/h10-14,16,18H,1-9H2,(H,17,19). The molecule has 19 heavy (non-hydrogen) atoms. The summed E-state index contributed by atoms with van der Waals surface area (Å²) in [5, 5.41) is 16.6. The number of hydrogen-bond acceptors (Lipinski definition) is 3. The van der Waals surface area contributed by atoms with Gasteiger partial charge in [-0.25, -0.2) is 0 Å². The van der Waals surface area contributed by atoms with Crippen LogP contribution in [0.3, 0.4) is 0 Å². The first-order valence-corrected chi connectivity index (χ1v) is 7.94. The number of aliphatic hydroxyl groups is 1. The summed E-state index contributed by atoms with van der Waals surface area (Å²) in [5.41, 5.74) is 0. The third-order valence-corrected chi connectivity index (χ3v) is 5.12. The van der Waals surface area contributed by atoms with Crippen molar-refractivity contribution >= 4 is 5.91 Å². The third-order valence-electron chi connectivity index (χ3n) is 5.12. The molecule has 1 aliphatic carbocycles. The summed E-state index contributed by atoms with van der Waals surface area (Å²) >= 11 is 0. The zero-order valence-corrected chi connectivity index (χ0v) is 11.6. The van der Waals surface area contributed by atoms with E-state index in [-0.39, 0.29) is 18.1 Å². The minimum Gasteiger partial charge on any atom is -0.391 e. The number of aliphatic hydroxyl groups excluding tert-OH is 1. The van der Waals surface area contributed by atoms with Crippen molar-refractivity contribution in [2.45, 2.75) is 82.0 Å². The molecule has 1 saturated carbocycles. The minimum absolute atomic E-state index is 0.000289. The SMILES string of the molecule is O=C(CC1CC2CCC(C1)N2)NC1CCCCC1O. The van der Waals surface area contributed by atoms with E-state index in [9.17, 15) is 9.90 Å². The molecule has 2 saturated heterocycles. The predicted molar refractivity (Wildman–Crippen MR) is 73.7 cm³/mol. The summed E-state index contributed by atoms with van der Waals surface area (Å²) in [4.78, 5) is 12.1. The number of piperidine rings is 1. The lowest BCUT2D eigenvalue weighted by molar-refractivity contribution is -0.124. The Balaban J connectivity index is 1.46. The first kappa shape index (κ1) is 13.4. The molecule has 4 heteroatoms. The fourth-order valence-corrected chi connectivity index (χ4v) is 4.15. The van der Waals surface area contributed by atoms with Crippen LogP contribution >= 0.6 is 0 Å². The molecular weight excluding hydrogens is 240 g/mol. The Bertz CT molecular complexity index is 322. The molecule has 0 aromatic carbocycles. The van der Waals surface area contributed by atoms with Gasteiger partial charge in [0.05, 0.1) is 12.1 Å². The minimum atomic E-state index is -0.332. The van der Waals surface area contributed by atoms with Crippen LogP contribution in [0.1, 0.15) is 57.8 Å². The first-order valence-electron chi connectivity index (χ1n) is 7.94. The molecule has 4 atom stereocenters. The highest BCUT2D eigenvalue weighted by Crippen LogP contribution is 2.32. The molecule has 0 aromatic rings. The average molecular weight is 266 g/mol. The van der Waals surface area contributed by atoms with Crippen molar-refractivity contribution in [2.75, 3.05) is 0 Å². The fraction of sp³-hybridized carbons (Fsp3) is 0.933. The maximum absolute atomic E-state index is 12.1. The second-order valence-electron chi connectivity index (χ2n) is 6.71. The van der Waals surface area contributed by atoms with Crippen molar-refractivity contribution in [3.05, 3.63) is 0 Å². The van der Waals surface area contributed by atoms with E-state index in [1.54, 1.807) is 0 Å². The van der Waals surface area contributed by atoms with Gasteiger partial charge in [0.25, 0.3) is 0 Å². The van der Waals surface area contributed by atoms with Crippen LogP contribution in [0.2, 0.25) is 0 Å². The molecule has 1 amide bonds. The molecule has 0 radical (unpaired) electrons. The van der Waals surface area contributed by atoms with Gasteiger partial charge in [0, 0.05) is 18.5 Å². The second kappa shape index (κ2) is 5.80. The molecule has 3 rings (SSSR count). The summed E-state index contributed by atoms with van der Waals surface area (Å²) in [6.07, 6.45) is 9.17. The Kier molecular flexibility index (Phi) is 4.08. The van der Waals surface area contributed by atoms with Gasteiger partial charge in [0.15, 0.2) is 0 Å². The van der Waals surface area contributed by atoms with Crippen molar-refractivity contribution < 1.29 is 9.90 Å². The van der Waals surface area contributed by atoms with E-state index >= 15 is 0 Å². The summed E-state index contributed by atoms with van der Waals surface area (Å²) in [6.45, 7) is 0. The highest BCUT2D eigenvalue weighted by Gasteiger charge is 2.34. The highest BCUT2D eigenvalue weighted by atomic mass is 16.3. The lowest BCUT2D eigenvalue weighted by atomic mass is 9.88. The molecule has 2 bridgehead atoms. The van der Waals surface area contributed by atoms with Gasteiger partial charge in [-0.1, -0.05) is 12.8 Å². The maximum Gasteiger partial charge on any atom is 0.220 e. The van der Waals surface area contributed by atoms with E-state index in [0.717, 1.165) is 38.5 Å². The fourth-order valence-electron chi connectivity index (χ4n) is 4.15. The average Bonchev–Trinajstić information content (AvgIpc) is 2.72. The van der Waals surface area contributed by atoms with Crippen LogP contribution in [0.25, 0.3) is 0 Å². The molecule has 0 spiro atoms. The monoisotopic (exact) mass is 266 g/mol. The number of carbonyl (C=O) groups is 1. The van der Waals surface area contributed by atoms with Crippen molar-refractivity contribution in [1.82, 2.24) is 10.6 Å². The van der Waals surface area contributed by atoms with Crippen LogP contribution in [0.15, 0.2) is 0 Å². The molecular formula is C15H26N2O2. The van der Waals surface area contributed by atoms with Crippen LogP contribution in [0, 0.1) is 5.92 Å². The Morgan fingerprint density at radius 1 is 1.11 bits per heavy atom. The largest absolute Gasteiger partial charge is 0.391 e. The van der Waals surface area contributed by atoms with Gasteiger partial charge in [0.2, 0.25) is 5.91 Å². The van der Waals surface area contributed by atoms with Crippen LogP contribution in [-0.4, -0.2) is 35.2 Å². The van der Waals surface area contributed by atoms with Gasteiger partial charge in [-0.2, -0.15) is 0 Å². The van der Waals surface area contributed by atoms with Crippen LogP contribution in [-0.2, 0) is 4.79 Å². The van der Waals surface area contributed by atoms with E-state index in [2.05, 4.69) is 10.6 Å². The number of hydrogen-bond donors (Lipinski definition) is 3. The van der Waals surface area contributed by atoms with Gasteiger partial charge in [0.1, 0.15) is 0 Å². The number of nitrogens with one attached hydrogen (secondary N) is 2. The number of carbonyl (C=O) groups excluding carboxylic acids is 1. The van der Waals surface area contributed by atoms with Gasteiger partial charge in [-0.15, -0.1) is 0 Å². The van der Waals surface area contributed by atoms with E-state index in [4.69, 9.17) is 0 Å². The Labute approximate surface area is 115 Å². The van der Waals surface area contributed by atoms with E-state index < -0.39 is 0 Å². The van der Waals surface area contributed by atoms with Crippen molar-refractivity contribution in [1.29, 1.82) is 0 Å². The normalized spacial score (nSPS) is 42.1. The molecule has 3 N–H and O–H groups in total. The van der Waals surface area contributed by atoms with Gasteiger partial charge < -0.3 is 15.7 Å². The topological polar surface area (TPSA) is 61.4 Å². The van der Waals surface area contributed by atoms with E-state index in [0.29, 0.717) is 24.4 Å². The summed E-state index contributed by atoms with van der Waals surface area (Å²) in [5.74, 6) is 0.691. The van der Waals surface area contributed by atoms with Crippen molar-refractivity contribution in [3.63, 3.8) is 0 Å². The van der Waals surface area contributed by atoms with Gasteiger partial charge in [-0.3, -0.25) is 4.79 Å². The Morgan fingerprint density at radius 2 is 1.79 bits per heavy atom. The Hall–Kier alpha value is -0.610. The molecule has 4 nitrogen and oxygen atoms in total. The number of rotatable bonds is 3. The summed E-state index contributed by atoms with van der Waals surface area (Å²) in [6, 6.07) is 1.30. The molecule has 2 aliphatic heterocycles. The van der Waals surface area contributed by atoms with Crippen molar-refractivity contribution in [2.24, 2.45) is 5.92 Å². The smallest absolute Gasteiger partial charge is 0.220 e. The van der Waals surface area contributed by atoms with Crippen LogP contribution in [0.5, 0.6) is 0 Å². The summed E-state index contributed by atoms with van der Waals surface area (Å²) in [7, 11) is 0. The predicted octanol–water partition coefficient (Wildman–Crippen LogP) is 1.33. The summed E-state index contributed by atoms with van der Waals surface area (Å²) < 4.78 is 0. The van der Waals surface area contributed by atoms with Gasteiger partial charge in [-0.05, 0) is 44.4 Å². The van der Waals surface area contributed by atoms with E-state index in [1.165, 1.54) is 12.8 Å². The molecule has 3 fully saturated rings. The van der Waals surface area contributed by atoms with Crippen LogP contribution in [0.4, 0.5) is 0 Å². The van der Waals surface area contributed by atoms with Crippen LogP contribution < -0.4 is 10.6 Å². The van der Waals surface area contributed by atoms with Crippen molar-refractivity contribution in [3.8, 4) is 0 Å². The number of fused-ring (bicyclic) bond motifs is 2. The van der Waals surface area contributed by atoms with E-state index in [1.807, 2.05) is 0 Å². The quantitative estimate of drug-likeness (QED) is 0.722. The third kappa shape index (κ3) is 3.29. The highest BCUT2D eigenvalue weighted by molar-refractivity contribution is 5.76. The molecule has 3 aliphatic rings.